The fraction of sp³-hybridized carbons (Fsp3) is 0.667. The van der Waals surface area contributed by atoms with Crippen molar-refractivity contribution < 1.29 is 20.1 Å². The molecule has 2 aromatic heterocycles. The van der Waals surface area contributed by atoms with Crippen LogP contribution < -0.4 is 5.73 Å². The molecule has 1 aliphatic carbocycles. The van der Waals surface area contributed by atoms with Crippen LogP contribution in [0.2, 0.25) is 0 Å². The molecule has 1 saturated carbocycles. The molecule has 2 fully saturated rings. The van der Waals surface area contributed by atoms with Crippen LogP contribution in [0.4, 0.5) is 5.82 Å². The monoisotopic (exact) mass is 415 g/mol. The number of aliphatic hydroxyl groups is 3. The van der Waals surface area contributed by atoms with Gasteiger partial charge in [0.15, 0.2) is 17.7 Å². The summed E-state index contributed by atoms with van der Waals surface area (Å²) >= 11 is 0. The number of anilines is 1. The lowest BCUT2D eigenvalue weighted by Gasteiger charge is -2.20. The summed E-state index contributed by atoms with van der Waals surface area (Å²) in [6.45, 7) is -0.407. The number of fused-ring (bicyclic) bond motifs is 1. The minimum absolute atomic E-state index is 0.192. The third-order valence-corrected chi connectivity index (χ3v) is 6.08. The molecule has 30 heavy (non-hydrogen) atoms. The topological polar surface area (TPSA) is 140 Å². The second kappa shape index (κ2) is 9.27. The van der Waals surface area contributed by atoms with Gasteiger partial charge >= 0.3 is 0 Å². The SMILES string of the molecule is Nc1nc(C#CCCCC2CCCCC2)nc2c1ncn2C1O[C@H](CO)[C@@H](O)[C@H]1O. The van der Waals surface area contributed by atoms with Crippen molar-refractivity contribution in [2.45, 2.75) is 75.9 Å². The van der Waals surface area contributed by atoms with Gasteiger partial charge in [-0.1, -0.05) is 38.0 Å². The van der Waals surface area contributed by atoms with Gasteiger partial charge in [0.2, 0.25) is 5.82 Å². The van der Waals surface area contributed by atoms with Gasteiger partial charge in [0.05, 0.1) is 12.9 Å². The zero-order valence-corrected chi connectivity index (χ0v) is 16.9. The standard InChI is InChI=1S/C21H29N5O4/c22-19-16-20(26(12-23-16)21-18(29)17(28)14(11-27)30-21)25-15(24-19)10-6-2-5-9-13-7-3-1-4-8-13/h12-14,17-18,21,27-29H,1-5,7-9,11H2,(H2,22,24,25)/t14-,17-,18-,21?/m1/s1. The molecule has 1 aliphatic heterocycles. The molecule has 9 nitrogen and oxygen atoms in total. The maximum absolute atomic E-state index is 10.3. The van der Waals surface area contributed by atoms with E-state index in [9.17, 15) is 15.3 Å². The first-order chi connectivity index (χ1) is 14.6. The predicted molar refractivity (Wildman–Crippen MR) is 110 cm³/mol. The summed E-state index contributed by atoms with van der Waals surface area (Å²) in [5.41, 5.74) is 6.76. The van der Waals surface area contributed by atoms with Crippen LogP contribution in [-0.2, 0) is 4.74 Å². The lowest BCUT2D eigenvalue weighted by atomic mass is 9.86. The van der Waals surface area contributed by atoms with E-state index in [1.165, 1.54) is 49.4 Å². The van der Waals surface area contributed by atoms with Crippen molar-refractivity contribution in [2.24, 2.45) is 5.92 Å². The van der Waals surface area contributed by atoms with Crippen LogP contribution in [0.25, 0.3) is 11.2 Å². The normalized spacial score (nSPS) is 27.3. The molecule has 2 aromatic rings. The van der Waals surface area contributed by atoms with Gasteiger partial charge < -0.3 is 25.8 Å². The molecule has 1 unspecified atom stereocenters. The van der Waals surface area contributed by atoms with E-state index < -0.39 is 31.1 Å². The quantitative estimate of drug-likeness (QED) is 0.421. The van der Waals surface area contributed by atoms with Crippen LogP contribution in [-0.4, -0.2) is 59.8 Å². The second-order valence-electron chi connectivity index (χ2n) is 8.18. The second-order valence-corrected chi connectivity index (χ2v) is 8.18. The first-order valence-corrected chi connectivity index (χ1v) is 10.7. The Morgan fingerprint density at radius 1 is 1.17 bits per heavy atom. The third kappa shape index (κ3) is 4.27. The molecule has 3 heterocycles. The molecule has 162 valence electrons. The van der Waals surface area contributed by atoms with E-state index in [0.29, 0.717) is 11.2 Å². The Labute approximate surface area is 175 Å². The van der Waals surface area contributed by atoms with E-state index in [0.717, 1.165) is 18.8 Å². The highest BCUT2D eigenvalue weighted by molar-refractivity contribution is 5.82. The van der Waals surface area contributed by atoms with Crippen molar-refractivity contribution in [3.8, 4) is 11.8 Å². The zero-order valence-electron chi connectivity index (χ0n) is 16.9. The summed E-state index contributed by atoms with van der Waals surface area (Å²) < 4.78 is 7.06. The molecular formula is C21H29N5O4. The Morgan fingerprint density at radius 3 is 2.70 bits per heavy atom. The number of ether oxygens (including phenoxy) is 1. The third-order valence-electron chi connectivity index (χ3n) is 6.08. The number of aromatic nitrogens is 4. The number of unbranched alkanes of at least 4 members (excludes halogenated alkanes) is 1. The van der Waals surface area contributed by atoms with Crippen LogP contribution in [0.5, 0.6) is 0 Å². The van der Waals surface area contributed by atoms with Gasteiger partial charge in [-0.05, 0) is 24.7 Å². The number of nitrogens with zero attached hydrogens (tertiary/aromatic N) is 4. The number of rotatable bonds is 5. The molecule has 4 rings (SSSR count). The molecule has 0 radical (unpaired) electrons. The van der Waals surface area contributed by atoms with E-state index in [1.807, 2.05) is 0 Å². The Kier molecular flexibility index (Phi) is 6.49. The Hall–Kier alpha value is -2.25. The summed E-state index contributed by atoms with van der Waals surface area (Å²) in [5.74, 6) is 7.43. The lowest BCUT2D eigenvalue weighted by molar-refractivity contribution is -0.0511. The number of nitrogen functional groups attached to an aromatic ring is 1. The van der Waals surface area contributed by atoms with Crippen LogP contribution in [0, 0.1) is 17.8 Å². The molecule has 0 bridgehead atoms. The molecule has 9 heteroatoms. The maximum Gasteiger partial charge on any atom is 0.208 e. The van der Waals surface area contributed by atoms with Crippen molar-refractivity contribution in [1.29, 1.82) is 0 Å². The first kappa shape index (κ1) is 21.0. The number of hydrogen-bond acceptors (Lipinski definition) is 8. The van der Waals surface area contributed by atoms with Crippen molar-refractivity contribution in [2.75, 3.05) is 12.3 Å². The van der Waals surface area contributed by atoms with Gasteiger partial charge in [-0.2, -0.15) is 0 Å². The van der Waals surface area contributed by atoms with E-state index >= 15 is 0 Å². The highest BCUT2D eigenvalue weighted by atomic mass is 16.6. The molecule has 5 N–H and O–H groups in total. The van der Waals surface area contributed by atoms with Crippen molar-refractivity contribution in [3.05, 3.63) is 12.2 Å². The number of imidazole rings is 1. The molecule has 1 saturated heterocycles. The van der Waals surface area contributed by atoms with Crippen LogP contribution >= 0.6 is 0 Å². The molecule has 0 amide bonds. The number of nitrogens with two attached hydrogens (primary N) is 1. The smallest absolute Gasteiger partial charge is 0.208 e. The highest BCUT2D eigenvalue weighted by Crippen LogP contribution is 2.32. The fourth-order valence-corrected chi connectivity index (χ4v) is 4.39. The van der Waals surface area contributed by atoms with E-state index in [-0.39, 0.29) is 11.6 Å². The summed E-state index contributed by atoms with van der Waals surface area (Å²) in [7, 11) is 0. The Morgan fingerprint density at radius 2 is 1.97 bits per heavy atom. The Bertz CT molecular complexity index is 931. The van der Waals surface area contributed by atoms with Crippen LogP contribution in [0.3, 0.4) is 0 Å². The molecule has 4 atom stereocenters. The summed E-state index contributed by atoms with van der Waals surface area (Å²) in [5, 5.41) is 29.6. The van der Waals surface area contributed by atoms with Gasteiger partial charge in [0, 0.05) is 6.42 Å². The predicted octanol–water partition coefficient (Wildman–Crippen LogP) is 1.12. The fourth-order valence-electron chi connectivity index (χ4n) is 4.39. The molecule has 2 aliphatic rings. The summed E-state index contributed by atoms with van der Waals surface area (Å²) in [6, 6.07) is 0. The van der Waals surface area contributed by atoms with Gasteiger partial charge in [0.1, 0.15) is 23.8 Å². The average molecular weight is 415 g/mol. The van der Waals surface area contributed by atoms with Crippen molar-refractivity contribution in [1.82, 2.24) is 19.5 Å². The van der Waals surface area contributed by atoms with E-state index in [1.54, 1.807) is 0 Å². The molecular weight excluding hydrogens is 386 g/mol. The van der Waals surface area contributed by atoms with Crippen LogP contribution in [0.15, 0.2) is 6.33 Å². The average Bonchev–Trinajstić information content (AvgIpc) is 3.30. The van der Waals surface area contributed by atoms with Gasteiger partial charge in [-0.3, -0.25) is 4.57 Å². The number of hydrogen-bond donors (Lipinski definition) is 4. The largest absolute Gasteiger partial charge is 0.394 e. The lowest BCUT2D eigenvalue weighted by Crippen LogP contribution is -2.33. The van der Waals surface area contributed by atoms with Crippen molar-refractivity contribution in [3.63, 3.8) is 0 Å². The Balaban J connectivity index is 1.47. The zero-order chi connectivity index (χ0) is 21.1. The maximum atomic E-state index is 10.3. The summed E-state index contributed by atoms with van der Waals surface area (Å²) in [4.78, 5) is 12.9. The minimum atomic E-state index is -1.23. The van der Waals surface area contributed by atoms with Crippen molar-refractivity contribution >= 4 is 17.0 Å². The van der Waals surface area contributed by atoms with Crippen LogP contribution in [0.1, 0.15) is 63.4 Å². The van der Waals surface area contributed by atoms with Gasteiger partial charge in [-0.25, -0.2) is 15.0 Å². The number of aliphatic hydroxyl groups excluding tert-OH is 3. The summed E-state index contributed by atoms with van der Waals surface area (Å²) in [6.07, 6.45) is 7.00. The van der Waals surface area contributed by atoms with Gasteiger partial charge in [-0.15, -0.1) is 0 Å². The minimum Gasteiger partial charge on any atom is -0.394 e. The van der Waals surface area contributed by atoms with E-state index in [2.05, 4.69) is 26.8 Å². The highest BCUT2D eigenvalue weighted by Gasteiger charge is 2.44. The molecule has 0 spiro atoms. The van der Waals surface area contributed by atoms with E-state index in [4.69, 9.17) is 10.5 Å². The van der Waals surface area contributed by atoms with Gasteiger partial charge in [0.25, 0.3) is 0 Å². The molecule has 0 aromatic carbocycles. The first-order valence-electron chi connectivity index (χ1n) is 10.7.